The van der Waals surface area contributed by atoms with Crippen molar-refractivity contribution in [1.29, 1.82) is 0 Å². The second-order valence-electron chi connectivity index (χ2n) is 10.9. The standard InChI is InChI=1S/C29H36F2N4O3/c1-18-2-8-23(9-3-18)33-28(37)25-26(36)24-16-20(19-4-6-21(30)7-5-19)17-32-27(24)35(29(25)38)15-14-34-12-10-22(31)11-13-34/h4-7,16-18,22-23,29,36,38H,2-3,8-15H2,1H3,(H,33,37)/t18-,23+,29?. The minimum atomic E-state index is -1.38. The molecule has 1 atom stereocenters. The predicted molar refractivity (Wildman–Crippen MR) is 143 cm³/mol. The fourth-order valence-electron chi connectivity index (χ4n) is 5.69. The van der Waals surface area contributed by atoms with Crippen LogP contribution in [0.1, 0.15) is 51.0 Å². The summed E-state index contributed by atoms with van der Waals surface area (Å²) in [5.74, 6) is -0.165. The summed E-state index contributed by atoms with van der Waals surface area (Å²) in [6.07, 6.45) is 4.17. The van der Waals surface area contributed by atoms with Crippen LogP contribution in [0.2, 0.25) is 0 Å². The maximum atomic E-state index is 13.6. The molecular weight excluding hydrogens is 490 g/mol. The Balaban J connectivity index is 1.45. The number of alkyl halides is 1. The van der Waals surface area contributed by atoms with Crippen molar-refractivity contribution in [1.82, 2.24) is 15.2 Å². The van der Waals surface area contributed by atoms with Crippen LogP contribution in [0.3, 0.4) is 0 Å². The van der Waals surface area contributed by atoms with Crippen molar-refractivity contribution in [3.05, 3.63) is 53.5 Å². The molecule has 1 aliphatic carbocycles. The first-order chi connectivity index (χ1) is 18.3. The molecule has 0 bridgehead atoms. The average Bonchev–Trinajstić information content (AvgIpc) is 2.91. The number of anilines is 1. The summed E-state index contributed by atoms with van der Waals surface area (Å²) in [5, 5.41) is 25.7. The monoisotopic (exact) mass is 526 g/mol. The van der Waals surface area contributed by atoms with E-state index in [1.165, 1.54) is 12.1 Å². The second kappa shape index (κ2) is 11.4. The lowest BCUT2D eigenvalue weighted by atomic mass is 9.87. The van der Waals surface area contributed by atoms with E-state index in [9.17, 15) is 23.8 Å². The molecule has 1 unspecified atom stereocenters. The molecule has 2 aromatic rings. The Morgan fingerprint density at radius 3 is 2.42 bits per heavy atom. The summed E-state index contributed by atoms with van der Waals surface area (Å²) >= 11 is 0. The molecule has 3 N–H and O–H groups in total. The van der Waals surface area contributed by atoms with Crippen molar-refractivity contribution in [3.8, 4) is 11.1 Å². The average molecular weight is 527 g/mol. The van der Waals surface area contributed by atoms with Gasteiger partial charge in [-0.15, -0.1) is 0 Å². The minimum Gasteiger partial charge on any atom is -0.507 e. The molecule has 38 heavy (non-hydrogen) atoms. The zero-order chi connectivity index (χ0) is 26.8. The molecule has 2 fully saturated rings. The lowest BCUT2D eigenvalue weighted by Gasteiger charge is -2.38. The first-order valence-corrected chi connectivity index (χ1v) is 13.6. The molecule has 1 saturated carbocycles. The second-order valence-corrected chi connectivity index (χ2v) is 10.9. The van der Waals surface area contributed by atoms with E-state index >= 15 is 0 Å². The van der Waals surface area contributed by atoms with Crippen molar-refractivity contribution < 1.29 is 23.8 Å². The minimum absolute atomic E-state index is 0.00767. The van der Waals surface area contributed by atoms with Gasteiger partial charge in [-0.05, 0) is 68.2 Å². The van der Waals surface area contributed by atoms with Crippen molar-refractivity contribution in [3.63, 3.8) is 0 Å². The fourth-order valence-corrected chi connectivity index (χ4v) is 5.69. The number of fused-ring (bicyclic) bond motifs is 1. The third-order valence-corrected chi connectivity index (χ3v) is 8.15. The molecule has 1 aromatic carbocycles. The van der Waals surface area contributed by atoms with Gasteiger partial charge in [-0.1, -0.05) is 19.1 Å². The van der Waals surface area contributed by atoms with E-state index in [1.54, 1.807) is 29.3 Å². The highest BCUT2D eigenvalue weighted by molar-refractivity contribution is 6.03. The van der Waals surface area contributed by atoms with Crippen molar-refractivity contribution in [2.45, 2.75) is 63.9 Å². The van der Waals surface area contributed by atoms with E-state index < -0.39 is 18.3 Å². The normalized spacial score (nSPS) is 24.8. The quantitative estimate of drug-likeness (QED) is 0.516. The maximum Gasteiger partial charge on any atom is 0.255 e. The highest BCUT2D eigenvalue weighted by atomic mass is 19.1. The number of nitrogens with one attached hydrogen (secondary N) is 1. The Bertz CT molecular complexity index is 1170. The Morgan fingerprint density at radius 2 is 1.74 bits per heavy atom. The summed E-state index contributed by atoms with van der Waals surface area (Å²) in [6, 6.07) is 7.67. The van der Waals surface area contributed by atoms with E-state index in [4.69, 9.17) is 0 Å². The van der Waals surface area contributed by atoms with Crippen LogP contribution in [0, 0.1) is 11.7 Å². The van der Waals surface area contributed by atoms with Crippen molar-refractivity contribution in [2.75, 3.05) is 31.1 Å². The molecule has 3 heterocycles. The van der Waals surface area contributed by atoms with Gasteiger partial charge in [-0.3, -0.25) is 4.79 Å². The number of carbonyl (C=O) groups excluding carboxylic acids is 1. The summed E-state index contributed by atoms with van der Waals surface area (Å²) in [4.78, 5) is 21.8. The lowest BCUT2D eigenvalue weighted by Crippen LogP contribution is -2.50. The van der Waals surface area contributed by atoms with Crippen LogP contribution >= 0.6 is 0 Å². The van der Waals surface area contributed by atoms with Gasteiger partial charge >= 0.3 is 0 Å². The van der Waals surface area contributed by atoms with Gasteiger partial charge < -0.3 is 25.3 Å². The zero-order valence-corrected chi connectivity index (χ0v) is 21.7. The number of likely N-dealkylation sites (tertiary alicyclic amines) is 1. The van der Waals surface area contributed by atoms with Crippen LogP contribution in [-0.4, -0.2) is 70.6 Å². The number of halogens is 2. The van der Waals surface area contributed by atoms with Gasteiger partial charge in [0.15, 0.2) is 6.23 Å². The topological polar surface area (TPSA) is 88.9 Å². The van der Waals surface area contributed by atoms with Crippen LogP contribution in [0.4, 0.5) is 14.6 Å². The van der Waals surface area contributed by atoms with Gasteiger partial charge in [0.1, 0.15) is 29.1 Å². The number of amides is 1. The number of aliphatic hydroxyl groups excluding tert-OH is 2. The summed E-state index contributed by atoms with van der Waals surface area (Å²) < 4.78 is 27.1. The van der Waals surface area contributed by atoms with Gasteiger partial charge in [0, 0.05) is 44.0 Å². The number of nitrogens with zero attached hydrogens (tertiary/aromatic N) is 3. The molecule has 1 aromatic heterocycles. The molecule has 204 valence electrons. The number of benzene rings is 1. The number of pyridine rings is 1. The third kappa shape index (κ3) is 5.68. The Hall–Kier alpha value is -3.04. The lowest BCUT2D eigenvalue weighted by molar-refractivity contribution is -0.119. The Labute approximate surface area is 222 Å². The van der Waals surface area contributed by atoms with E-state index in [-0.39, 0.29) is 23.2 Å². The zero-order valence-electron chi connectivity index (χ0n) is 21.7. The smallest absolute Gasteiger partial charge is 0.255 e. The molecular formula is C29H36F2N4O3. The fraction of sp³-hybridized carbons (Fsp3) is 0.517. The van der Waals surface area contributed by atoms with Gasteiger partial charge in [-0.2, -0.15) is 0 Å². The highest BCUT2D eigenvalue weighted by Crippen LogP contribution is 2.37. The number of aromatic nitrogens is 1. The van der Waals surface area contributed by atoms with E-state index in [2.05, 4.69) is 22.1 Å². The SMILES string of the molecule is C[C@H]1CC[C@@H](NC(=O)C2=C(O)c3cc(-c4ccc(F)cc4)cnc3N(CCN3CCC(F)CC3)C2O)CC1. The molecule has 7 nitrogen and oxygen atoms in total. The first-order valence-electron chi connectivity index (χ1n) is 13.6. The number of hydrogen-bond acceptors (Lipinski definition) is 6. The largest absolute Gasteiger partial charge is 0.507 e. The number of hydrogen-bond donors (Lipinski definition) is 3. The Morgan fingerprint density at radius 1 is 1.05 bits per heavy atom. The summed E-state index contributed by atoms with van der Waals surface area (Å²) in [6.45, 7) is 4.36. The number of carbonyl (C=O) groups is 1. The molecule has 1 amide bonds. The summed E-state index contributed by atoms with van der Waals surface area (Å²) in [7, 11) is 0. The number of aliphatic hydroxyl groups is 2. The van der Waals surface area contributed by atoms with Crippen molar-refractivity contribution in [2.24, 2.45) is 5.92 Å². The van der Waals surface area contributed by atoms with Crippen LogP contribution < -0.4 is 10.2 Å². The van der Waals surface area contributed by atoms with Crippen LogP contribution in [-0.2, 0) is 4.79 Å². The van der Waals surface area contributed by atoms with Crippen LogP contribution in [0.5, 0.6) is 0 Å². The molecule has 0 radical (unpaired) electrons. The first kappa shape index (κ1) is 26.6. The maximum absolute atomic E-state index is 13.6. The van der Waals surface area contributed by atoms with Crippen molar-refractivity contribution >= 4 is 17.5 Å². The number of piperidine rings is 1. The van der Waals surface area contributed by atoms with Crippen LogP contribution in [0.25, 0.3) is 16.9 Å². The predicted octanol–water partition coefficient (Wildman–Crippen LogP) is 4.42. The summed E-state index contributed by atoms with van der Waals surface area (Å²) in [5.41, 5.74) is 1.60. The molecule has 0 spiro atoms. The van der Waals surface area contributed by atoms with Crippen LogP contribution in [0.15, 0.2) is 42.1 Å². The van der Waals surface area contributed by atoms with E-state index in [0.717, 1.165) is 25.7 Å². The third-order valence-electron chi connectivity index (χ3n) is 8.15. The molecule has 3 aliphatic rings. The van der Waals surface area contributed by atoms with E-state index in [0.29, 0.717) is 67.4 Å². The van der Waals surface area contributed by atoms with Gasteiger partial charge in [0.05, 0.1) is 5.56 Å². The molecule has 5 rings (SSSR count). The highest BCUT2D eigenvalue weighted by Gasteiger charge is 2.38. The molecule has 1 saturated heterocycles. The molecule has 2 aliphatic heterocycles. The van der Waals surface area contributed by atoms with E-state index in [1.807, 2.05) is 0 Å². The Kier molecular flexibility index (Phi) is 7.95. The van der Waals surface area contributed by atoms with Gasteiger partial charge in [0.2, 0.25) is 0 Å². The van der Waals surface area contributed by atoms with Gasteiger partial charge in [0.25, 0.3) is 5.91 Å². The molecule has 9 heteroatoms. The number of rotatable bonds is 6. The van der Waals surface area contributed by atoms with Gasteiger partial charge in [-0.25, -0.2) is 13.8 Å².